The van der Waals surface area contributed by atoms with Crippen LogP contribution < -0.4 is 5.32 Å². The third-order valence-corrected chi connectivity index (χ3v) is 3.76. The molecule has 0 saturated carbocycles. The molecule has 1 aliphatic heterocycles. The summed E-state index contributed by atoms with van der Waals surface area (Å²) in [7, 11) is 3.83. The molecule has 1 unspecified atom stereocenters. The Morgan fingerprint density at radius 3 is 2.89 bits per heavy atom. The lowest BCUT2D eigenvalue weighted by Gasteiger charge is -2.32. The summed E-state index contributed by atoms with van der Waals surface area (Å²) in [6.07, 6.45) is 3.98. The first kappa shape index (κ1) is 16.0. The van der Waals surface area contributed by atoms with Gasteiger partial charge in [0.25, 0.3) is 5.91 Å². The number of aromatic nitrogens is 2. The van der Waals surface area contributed by atoms with Crippen molar-refractivity contribution in [3.63, 3.8) is 0 Å². The van der Waals surface area contributed by atoms with Crippen LogP contribution in [-0.2, 0) is 7.05 Å². The molecule has 0 radical (unpaired) electrons. The van der Waals surface area contributed by atoms with E-state index in [0.717, 1.165) is 37.3 Å². The van der Waals surface area contributed by atoms with Gasteiger partial charge in [0, 0.05) is 25.8 Å². The highest BCUT2D eigenvalue weighted by molar-refractivity contribution is 5.95. The van der Waals surface area contributed by atoms with Crippen molar-refractivity contribution in [1.29, 1.82) is 0 Å². The lowest BCUT2D eigenvalue weighted by Crippen LogP contribution is -2.42. The Kier molecular flexibility index (Phi) is 5.82. The molecular weight excluding hydrogens is 264 g/mol. The maximum Gasteiger partial charge on any atom is 0.257 e. The molecule has 1 aromatic heterocycles. The quantitative estimate of drug-likeness (QED) is 0.909. The van der Waals surface area contributed by atoms with Crippen molar-refractivity contribution >= 4 is 18.3 Å². The maximum atomic E-state index is 12.4. The van der Waals surface area contributed by atoms with Gasteiger partial charge < -0.3 is 10.2 Å². The molecular formula is C13H23ClN4O. The van der Waals surface area contributed by atoms with Gasteiger partial charge in [0.1, 0.15) is 0 Å². The zero-order chi connectivity index (χ0) is 13.1. The van der Waals surface area contributed by atoms with Crippen LogP contribution in [0, 0.1) is 12.8 Å². The molecule has 0 bridgehead atoms. The van der Waals surface area contributed by atoms with Gasteiger partial charge in [0.05, 0.1) is 11.8 Å². The minimum Gasteiger partial charge on any atom is -0.338 e. The van der Waals surface area contributed by atoms with Gasteiger partial charge in [0.2, 0.25) is 0 Å². The number of hydrogen-bond donors (Lipinski definition) is 1. The smallest absolute Gasteiger partial charge is 0.257 e. The standard InChI is InChI=1S/C13H22N4O.ClH/c1-10-12(8-15-16(10)3)13(18)17-6-4-5-11(9-17)7-14-2;/h8,11,14H,4-7,9H2,1-3H3;1H. The van der Waals surface area contributed by atoms with Crippen LogP contribution >= 0.6 is 12.4 Å². The number of halogens is 1. The Bertz CT molecular complexity index is 430. The van der Waals surface area contributed by atoms with Gasteiger partial charge in [-0.2, -0.15) is 5.10 Å². The third kappa shape index (κ3) is 3.48. The van der Waals surface area contributed by atoms with Crippen LogP contribution in [0.2, 0.25) is 0 Å². The zero-order valence-corrected chi connectivity index (χ0v) is 12.7. The minimum atomic E-state index is 0. The first-order valence-corrected chi connectivity index (χ1v) is 6.56. The van der Waals surface area contributed by atoms with Gasteiger partial charge >= 0.3 is 0 Å². The lowest BCUT2D eigenvalue weighted by atomic mass is 9.97. The number of aryl methyl sites for hydroxylation is 1. The highest BCUT2D eigenvalue weighted by Crippen LogP contribution is 2.19. The third-order valence-electron chi connectivity index (χ3n) is 3.76. The van der Waals surface area contributed by atoms with E-state index < -0.39 is 0 Å². The van der Waals surface area contributed by atoms with Crippen molar-refractivity contribution in [1.82, 2.24) is 20.0 Å². The summed E-state index contributed by atoms with van der Waals surface area (Å²) >= 11 is 0. The minimum absolute atomic E-state index is 0. The van der Waals surface area contributed by atoms with Crippen LogP contribution in [-0.4, -0.2) is 47.3 Å². The second-order valence-corrected chi connectivity index (χ2v) is 5.08. The van der Waals surface area contributed by atoms with Crippen molar-refractivity contribution in [3.8, 4) is 0 Å². The number of rotatable bonds is 3. The van der Waals surface area contributed by atoms with Crippen LogP contribution in [0.3, 0.4) is 0 Å². The monoisotopic (exact) mass is 286 g/mol. The fourth-order valence-electron chi connectivity index (χ4n) is 2.58. The van der Waals surface area contributed by atoms with Gasteiger partial charge in [-0.25, -0.2) is 0 Å². The summed E-state index contributed by atoms with van der Waals surface area (Å²) < 4.78 is 1.75. The number of piperidine rings is 1. The van der Waals surface area contributed by atoms with Gasteiger partial charge in [-0.1, -0.05) is 0 Å². The van der Waals surface area contributed by atoms with E-state index in [1.54, 1.807) is 10.9 Å². The molecule has 1 fully saturated rings. The summed E-state index contributed by atoms with van der Waals surface area (Å²) in [5, 5.41) is 7.34. The average Bonchev–Trinajstić information content (AvgIpc) is 2.70. The summed E-state index contributed by atoms with van der Waals surface area (Å²) in [6, 6.07) is 0. The van der Waals surface area contributed by atoms with Crippen LogP contribution in [0.25, 0.3) is 0 Å². The van der Waals surface area contributed by atoms with E-state index in [4.69, 9.17) is 0 Å². The van der Waals surface area contributed by atoms with E-state index >= 15 is 0 Å². The normalized spacial score (nSPS) is 19.1. The summed E-state index contributed by atoms with van der Waals surface area (Å²) in [5.41, 5.74) is 1.68. The van der Waals surface area contributed by atoms with Gasteiger partial charge in [0.15, 0.2) is 0 Å². The number of carbonyl (C=O) groups excluding carboxylic acids is 1. The average molecular weight is 287 g/mol. The van der Waals surface area contributed by atoms with Crippen molar-refractivity contribution in [2.45, 2.75) is 19.8 Å². The number of nitrogens with one attached hydrogen (secondary N) is 1. The van der Waals surface area contributed by atoms with Crippen LogP contribution in [0.1, 0.15) is 28.9 Å². The lowest BCUT2D eigenvalue weighted by molar-refractivity contribution is 0.0673. The predicted molar refractivity (Wildman–Crippen MR) is 77.7 cm³/mol. The van der Waals surface area contributed by atoms with Crippen LogP contribution in [0.4, 0.5) is 0 Å². The van der Waals surface area contributed by atoms with Crippen molar-refractivity contribution < 1.29 is 4.79 Å². The van der Waals surface area contributed by atoms with Gasteiger partial charge in [-0.05, 0) is 39.3 Å². The Morgan fingerprint density at radius 1 is 1.58 bits per heavy atom. The molecule has 108 valence electrons. The number of nitrogens with zero attached hydrogens (tertiary/aromatic N) is 3. The van der Waals surface area contributed by atoms with E-state index in [9.17, 15) is 4.79 Å². The fourth-order valence-corrected chi connectivity index (χ4v) is 2.58. The molecule has 2 rings (SSSR count). The first-order valence-electron chi connectivity index (χ1n) is 6.56. The Balaban J connectivity index is 0.00000180. The van der Waals surface area contributed by atoms with Crippen molar-refractivity contribution in [2.75, 3.05) is 26.7 Å². The highest BCUT2D eigenvalue weighted by atomic mass is 35.5. The number of hydrogen-bond acceptors (Lipinski definition) is 3. The Labute approximate surface area is 120 Å². The SMILES string of the molecule is CNCC1CCCN(C(=O)c2cnn(C)c2C)C1.Cl. The highest BCUT2D eigenvalue weighted by Gasteiger charge is 2.25. The molecule has 1 atom stereocenters. The molecule has 19 heavy (non-hydrogen) atoms. The molecule has 5 nitrogen and oxygen atoms in total. The molecule has 1 N–H and O–H groups in total. The molecule has 1 amide bonds. The number of likely N-dealkylation sites (tertiary alicyclic amines) is 1. The van der Waals surface area contributed by atoms with Crippen LogP contribution in [0.5, 0.6) is 0 Å². The molecule has 0 spiro atoms. The first-order chi connectivity index (χ1) is 8.63. The molecule has 0 aliphatic carbocycles. The molecule has 0 aromatic carbocycles. The number of carbonyl (C=O) groups is 1. The topological polar surface area (TPSA) is 50.2 Å². The van der Waals surface area contributed by atoms with E-state index in [2.05, 4.69) is 10.4 Å². The molecule has 1 aliphatic rings. The second-order valence-electron chi connectivity index (χ2n) is 5.08. The van der Waals surface area contributed by atoms with Gasteiger partial charge in [-0.3, -0.25) is 9.48 Å². The summed E-state index contributed by atoms with van der Waals surface area (Å²) in [5.74, 6) is 0.700. The van der Waals surface area contributed by atoms with E-state index in [0.29, 0.717) is 5.92 Å². The summed E-state index contributed by atoms with van der Waals surface area (Å²) in [4.78, 5) is 14.4. The second kappa shape index (κ2) is 6.91. The number of amides is 1. The maximum absolute atomic E-state index is 12.4. The van der Waals surface area contributed by atoms with E-state index in [-0.39, 0.29) is 18.3 Å². The van der Waals surface area contributed by atoms with Crippen molar-refractivity contribution in [3.05, 3.63) is 17.5 Å². The molecule has 1 saturated heterocycles. The molecule has 2 heterocycles. The largest absolute Gasteiger partial charge is 0.338 e. The Hall–Kier alpha value is -1.07. The van der Waals surface area contributed by atoms with E-state index in [1.165, 1.54) is 6.42 Å². The molecule has 1 aromatic rings. The zero-order valence-electron chi connectivity index (χ0n) is 11.8. The fraction of sp³-hybridized carbons (Fsp3) is 0.692. The summed E-state index contributed by atoms with van der Waals surface area (Å²) in [6.45, 7) is 4.65. The van der Waals surface area contributed by atoms with Crippen molar-refractivity contribution in [2.24, 2.45) is 13.0 Å². The van der Waals surface area contributed by atoms with Gasteiger partial charge in [-0.15, -0.1) is 12.4 Å². The predicted octanol–water partition coefficient (Wildman–Crippen LogP) is 1.22. The Morgan fingerprint density at radius 2 is 2.32 bits per heavy atom. The van der Waals surface area contributed by atoms with Crippen LogP contribution in [0.15, 0.2) is 6.20 Å². The molecule has 6 heteroatoms. The van der Waals surface area contributed by atoms with E-state index in [1.807, 2.05) is 25.9 Å².